The van der Waals surface area contributed by atoms with E-state index in [1.54, 1.807) is 10.9 Å². The lowest BCUT2D eigenvalue weighted by Crippen LogP contribution is -2.35. The third kappa shape index (κ3) is 3.58. The smallest absolute Gasteiger partial charge is 0.252 e. The van der Waals surface area contributed by atoms with Gasteiger partial charge in [0.25, 0.3) is 5.91 Å². The van der Waals surface area contributed by atoms with E-state index in [9.17, 15) is 4.79 Å². The van der Waals surface area contributed by atoms with Crippen molar-refractivity contribution in [1.29, 1.82) is 0 Å². The fourth-order valence-corrected chi connectivity index (χ4v) is 4.46. The minimum atomic E-state index is -0.397. The molecule has 0 unspecified atom stereocenters. The zero-order valence-corrected chi connectivity index (χ0v) is 16.4. The maximum atomic E-state index is 11.8. The van der Waals surface area contributed by atoms with Gasteiger partial charge in [-0.3, -0.25) is 14.4 Å². The highest BCUT2D eigenvalue weighted by Crippen LogP contribution is 2.38. The number of aryl methyl sites for hydroxylation is 1. The summed E-state index contributed by atoms with van der Waals surface area (Å²) < 4.78 is 7.92. The Balaban J connectivity index is 1.53. The van der Waals surface area contributed by atoms with Gasteiger partial charge in [0.2, 0.25) is 0 Å². The van der Waals surface area contributed by atoms with Crippen molar-refractivity contribution in [2.24, 2.45) is 12.8 Å². The molecule has 2 aliphatic rings. The van der Waals surface area contributed by atoms with Gasteiger partial charge in [0.1, 0.15) is 11.4 Å². The average molecular weight is 368 g/mol. The van der Waals surface area contributed by atoms with Crippen LogP contribution in [0, 0.1) is 0 Å². The van der Waals surface area contributed by atoms with Crippen LogP contribution in [0.25, 0.3) is 0 Å². The van der Waals surface area contributed by atoms with Crippen LogP contribution in [0.3, 0.4) is 0 Å². The van der Waals surface area contributed by atoms with Crippen LogP contribution in [-0.2, 0) is 20.0 Å². The molecular weight excluding hydrogens is 340 g/mol. The van der Waals surface area contributed by atoms with Gasteiger partial charge < -0.3 is 10.5 Å². The number of ether oxygens (including phenoxy) is 1. The molecule has 0 bridgehead atoms. The van der Waals surface area contributed by atoms with Gasteiger partial charge in [-0.25, -0.2) is 0 Å². The Bertz CT molecular complexity index is 871. The van der Waals surface area contributed by atoms with Gasteiger partial charge in [-0.2, -0.15) is 5.10 Å². The first-order valence-corrected chi connectivity index (χ1v) is 9.68. The number of hydrogen-bond donors (Lipinski definition) is 1. The fourth-order valence-electron chi connectivity index (χ4n) is 4.46. The van der Waals surface area contributed by atoms with Crippen LogP contribution in [-0.4, -0.2) is 39.3 Å². The van der Waals surface area contributed by atoms with Crippen molar-refractivity contribution in [3.05, 3.63) is 46.8 Å². The molecular formula is C21H28N4O2. The molecule has 144 valence electrons. The Morgan fingerprint density at radius 2 is 2.22 bits per heavy atom. The van der Waals surface area contributed by atoms with Crippen LogP contribution < -0.4 is 10.5 Å². The quantitative estimate of drug-likeness (QED) is 0.900. The molecule has 4 rings (SSSR count). The van der Waals surface area contributed by atoms with Crippen molar-refractivity contribution >= 4 is 5.91 Å². The second-order valence-electron chi connectivity index (χ2n) is 8.48. The van der Waals surface area contributed by atoms with Crippen molar-refractivity contribution in [2.45, 2.75) is 51.2 Å². The minimum absolute atomic E-state index is 0.132. The molecule has 2 aromatic rings. The molecule has 0 aliphatic carbocycles. The van der Waals surface area contributed by atoms with Crippen LogP contribution in [0.2, 0.25) is 0 Å². The number of piperidine rings is 1. The standard InChI is InChI=1S/C21H28N4O2/c1-21(2)10-14-6-4-7-16(19(14)27-21)12-25-9-5-8-15(11-25)18-17(20(22)26)13-24(3)23-18/h4,6-7,13,15H,5,8-12H2,1-3H3,(H2,22,26)/t15-/m1/s1. The Morgan fingerprint density at radius 3 is 3.00 bits per heavy atom. The number of para-hydroxylation sites is 1. The number of nitrogens with zero attached hydrogens (tertiary/aromatic N) is 3. The number of nitrogens with two attached hydrogens (primary N) is 1. The first kappa shape index (κ1) is 18.0. The highest BCUT2D eigenvalue weighted by molar-refractivity contribution is 5.93. The largest absolute Gasteiger partial charge is 0.487 e. The van der Waals surface area contributed by atoms with Crippen molar-refractivity contribution in [3.8, 4) is 5.75 Å². The molecule has 2 aliphatic heterocycles. The summed E-state index contributed by atoms with van der Waals surface area (Å²) in [5.74, 6) is 0.892. The number of rotatable bonds is 4. The van der Waals surface area contributed by atoms with Crippen LogP contribution in [0.5, 0.6) is 5.75 Å². The normalized spacial score (nSPS) is 21.7. The van der Waals surface area contributed by atoms with E-state index in [4.69, 9.17) is 10.5 Å². The maximum Gasteiger partial charge on any atom is 0.252 e. The van der Waals surface area contributed by atoms with E-state index in [-0.39, 0.29) is 11.5 Å². The van der Waals surface area contributed by atoms with Gasteiger partial charge in [0.05, 0.1) is 11.3 Å². The van der Waals surface area contributed by atoms with E-state index in [1.807, 2.05) is 7.05 Å². The van der Waals surface area contributed by atoms with E-state index in [0.29, 0.717) is 5.56 Å². The van der Waals surface area contributed by atoms with Crippen molar-refractivity contribution in [1.82, 2.24) is 14.7 Å². The Hall–Kier alpha value is -2.34. The predicted molar refractivity (Wildman–Crippen MR) is 104 cm³/mol. The molecule has 6 nitrogen and oxygen atoms in total. The lowest BCUT2D eigenvalue weighted by Gasteiger charge is -2.32. The lowest BCUT2D eigenvalue weighted by atomic mass is 9.92. The minimum Gasteiger partial charge on any atom is -0.487 e. The van der Waals surface area contributed by atoms with Gasteiger partial charge >= 0.3 is 0 Å². The summed E-state index contributed by atoms with van der Waals surface area (Å²) in [6.45, 7) is 7.06. The third-order valence-corrected chi connectivity index (χ3v) is 5.58. The summed E-state index contributed by atoms with van der Waals surface area (Å²) in [7, 11) is 1.84. The number of benzene rings is 1. The van der Waals surface area contributed by atoms with Crippen LogP contribution in [0.4, 0.5) is 0 Å². The van der Waals surface area contributed by atoms with E-state index in [0.717, 1.165) is 50.3 Å². The molecule has 1 aromatic heterocycles. The monoisotopic (exact) mass is 368 g/mol. The predicted octanol–water partition coefficient (Wildman–Crippen LogP) is 2.61. The Labute approximate surface area is 160 Å². The molecule has 1 saturated heterocycles. The second-order valence-corrected chi connectivity index (χ2v) is 8.48. The Kier molecular flexibility index (Phi) is 4.46. The lowest BCUT2D eigenvalue weighted by molar-refractivity contribution is 0.0997. The summed E-state index contributed by atoms with van der Waals surface area (Å²) in [5, 5.41) is 4.54. The van der Waals surface area contributed by atoms with Gasteiger partial charge in [0.15, 0.2) is 0 Å². The van der Waals surface area contributed by atoms with Gasteiger partial charge in [-0.05, 0) is 38.8 Å². The molecule has 1 amide bonds. The summed E-state index contributed by atoms with van der Waals surface area (Å²) in [5.41, 5.74) is 9.36. The number of fused-ring (bicyclic) bond motifs is 1. The topological polar surface area (TPSA) is 73.4 Å². The Morgan fingerprint density at radius 1 is 1.41 bits per heavy atom. The van der Waals surface area contributed by atoms with Gasteiger partial charge in [0, 0.05) is 44.2 Å². The third-order valence-electron chi connectivity index (χ3n) is 5.58. The van der Waals surface area contributed by atoms with E-state index < -0.39 is 5.91 Å². The van der Waals surface area contributed by atoms with Crippen molar-refractivity contribution in [2.75, 3.05) is 13.1 Å². The van der Waals surface area contributed by atoms with Gasteiger partial charge in [-0.15, -0.1) is 0 Å². The molecule has 1 fully saturated rings. The first-order valence-electron chi connectivity index (χ1n) is 9.68. The number of carbonyl (C=O) groups excluding carboxylic acids is 1. The molecule has 6 heteroatoms. The average Bonchev–Trinajstić information content (AvgIpc) is 3.14. The maximum absolute atomic E-state index is 11.8. The number of aromatic nitrogens is 2. The van der Waals surface area contributed by atoms with E-state index >= 15 is 0 Å². The molecule has 0 saturated carbocycles. The van der Waals surface area contributed by atoms with Crippen LogP contribution in [0.15, 0.2) is 24.4 Å². The molecule has 0 radical (unpaired) electrons. The fraction of sp³-hybridized carbons (Fsp3) is 0.524. The number of amides is 1. The molecule has 27 heavy (non-hydrogen) atoms. The first-order chi connectivity index (χ1) is 12.8. The number of likely N-dealkylation sites (tertiary alicyclic amines) is 1. The van der Waals surface area contributed by atoms with E-state index in [2.05, 4.69) is 42.0 Å². The van der Waals surface area contributed by atoms with Gasteiger partial charge in [-0.1, -0.05) is 18.2 Å². The SMILES string of the molecule is Cn1cc(C(N)=O)c([C@@H]2CCCN(Cc3cccc4c3OC(C)(C)C4)C2)n1. The second kappa shape index (κ2) is 6.68. The molecule has 1 aromatic carbocycles. The van der Waals surface area contributed by atoms with Crippen LogP contribution in [0.1, 0.15) is 59.8 Å². The summed E-state index contributed by atoms with van der Waals surface area (Å²) in [4.78, 5) is 14.2. The van der Waals surface area contributed by atoms with Crippen molar-refractivity contribution < 1.29 is 9.53 Å². The number of hydrogen-bond acceptors (Lipinski definition) is 4. The highest BCUT2D eigenvalue weighted by atomic mass is 16.5. The van der Waals surface area contributed by atoms with Crippen LogP contribution >= 0.6 is 0 Å². The molecule has 1 atom stereocenters. The summed E-state index contributed by atoms with van der Waals surface area (Å²) in [6.07, 6.45) is 4.80. The molecule has 3 heterocycles. The summed E-state index contributed by atoms with van der Waals surface area (Å²) >= 11 is 0. The zero-order chi connectivity index (χ0) is 19.2. The zero-order valence-electron chi connectivity index (χ0n) is 16.4. The van der Waals surface area contributed by atoms with E-state index in [1.165, 1.54) is 11.1 Å². The molecule has 2 N–H and O–H groups in total. The van der Waals surface area contributed by atoms with Crippen molar-refractivity contribution in [3.63, 3.8) is 0 Å². The summed E-state index contributed by atoms with van der Waals surface area (Å²) in [6, 6.07) is 6.46. The number of carbonyl (C=O) groups is 1. The highest BCUT2D eigenvalue weighted by Gasteiger charge is 2.33. The molecule has 0 spiro atoms. The number of primary amides is 1.